The Balaban J connectivity index is 2.11. The van der Waals surface area contributed by atoms with Crippen LogP contribution in [0.5, 0.6) is 0 Å². The number of nitrogens with two attached hydrogens (primary N) is 1. The zero-order valence-electron chi connectivity index (χ0n) is 14.6. The number of halogens is 2. The second-order valence-corrected chi connectivity index (χ2v) is 6.63. The number of aromatic carboxylic acids is 1. The minimum Gasteiger partial charge on any atom is -0.477 e. The van der Waals surface area contributed by atoms with Gasteiger partial charge in [0.25, 0.3) is 0 Å². The Labute approximate surface area is 155 Å². The van der Waals surface area contributed by atoms with Crippen molar-refractivity contribution in [2.75, 3.05) is 18.0 Å². The standard InChI is InChI=1S/C17H15F2N5O4/c1-7-16(22-28-21-7)24-6-10(17(26)27)15(25)9-4-11(18)14(12(19)13(9)24)23-3-2-8(20)5-23/h4,6,8H,2-3,5,20H2,1H3,(H,26,27)/t8-/m0/s1. The van der Waals surface area contributed by atoms with E-state index in [0.29, 0.717) is 13.0 Å². The molecule has 0 spiro atoms. The lowest BCUT2D eigenvalue weighted by molar-refractivity contribution is 0.0695. The fourth-order valence-corrected chi connectivity index (χ4v) is 3.45. The van der Waals surface area contributed by atoms with Crippen LogP contribution in [-0.2, 0) is 0 Å². The highest BCUT2D eigenvalue weighted by Gasteiger charge is 2.29. The molecule has 0 radical (unpaired) electrons. The molecule has 4 rings (SSSR count). The van der Waals surface area contributed by atoms with Crippen LogP contribution in [0.25, 0.3) is 16.7 Å². The molecule has 11 heteroatoms. The average Bonchev–Trinajstić information content (AvgIpc) is 3.24. The molecule has 3 aromatic rings. The van der Waals surface area contributed by atoms with E-state index in [1.165, 1.54) is 11.8 Å². The monoisotopic (exact) mass is 391 g/mol. The maximum Gasteiger partial charge on any atom is 0.341 e. The number of carbonyl (C=O) groups is 1. The molecular weight excluding hydrogens is 376 g/mol. The van der Waals surface area contributed by atoms with Gasteiger partial charge in [0.2, 0.25) is 11.2 Å². The zero-order valence-corrected chi connectivity index (χ0v) is 14.6. The molecule has 0 aliphatic carbocycles. The Kier molecular flexibility index (Phi) is 4.11. The van der Waals surface area contributed by atoms with Crippen LogP contribution in [0.4, 0.5) is 14.5 Å². The molecule has 3 heterocycles. The normalized spacial score (nSPS) is 16.9. The minimum atomic E-state index is -1.54. The van der Waals surface area contributed by atoms with Crippen molar-refractivity contribution in [1.82, 2.24) is 14.9 Å². The molecule has 1 aliphatic heterocycles. The van der Waals surface area contributed by atoms with Crippen LogP contribution in [0.2, 0.25) is 0 Å². The van der Waals surface area contributed by atoms with Crippen LogP contribution < -0.4 is 16.1 Å². The molecule has 1 aliphatic rings. The van der Waals surface area contributed by atoms with Gasteiger partial charge in [0.15, 0.2) is 5.82 Å². The van der Waals surface area contributed by atoms with Crippen LogP contribution in [0.15, 0.2) is 21.7 Å². The van der Waals surface area contributed by atoms with E-state index in [9.17, 15) is 19.1 Å². The maximum absolute atomic E-state index is 15.5. The summed E-state index contributed by atoms with van der Waals surface area (Å²) in [5.41, 5.74) is 3.76. The molecule has 1 fully saturated rings. The van der Waals surface area contributed by atoms with E-state index in [1.807, 2.05) is 0 Å². The Hall–Kier alpha value is -3.34. The molecule has 9 nitrogen and oxygen atoms in total. The quantitative estimate of drug-likeness (QED) is 0.682. The molecule has 0 unspecified atom stereocenters. The highest BCUT2D eigenvalue weighted by atomic mass is 19.1. The predicted octanol–water partition coefficient (Wildman–Crippen LogP) is 1.20. The SMILES string of the molecule is Cc1nonc1-n1cc(C(=O)O)c(=O)c2cc(F)c(N3CC[C@H](N)C3)c(F)c21. The van der Waals surface area contributed by atoms with Gasteiger partial charge in [-0.3, -0.25) is 9.36 Å². The third kappa shape index (κ3) is 2.62. The number of carboxylic acid groups (broad SMARTS) is 1. The third-order valence-corrected chi connectivity index (χ3v) is 4.78. The first-order valence-electron chi connectivity index (χ1n) is 8.40. The van der Waals surface area contributed by atoms with Crippen molar-refractivity contribution in [3.8, 4) is 5.82 Å². The van der Waals surface area contributed by atoms with Gasteiger partial charge < -0.3 is 15.7 Å². The molecule has 0 amide bonds. The number of pyridine rings is 1. The van der Waals surface area contributed by atoms with Crippen molar-refractivity contribution in [2.24, 2.45) is 5.73 Å². The third-order valence-electron chi connectivity index (χ3n) is 4.78. The van der Waals surface area contributed by atoms with E-state index in [1.54, 1.807) is 0 Å². The fourth-order valence-electron chi connectivity index (χ4n) is 3.45. The van der Waals surface area contributed by atoms with Gasteiger partial charge in [-0.2, -0.15) is 0 Å². The van der Waals surface area contributed by atoms with Crippen molar-refractivity contribution in [3.63, 3.8) is 0 Å². The average molecular weight is 391 g/mol. The molecule has 0 saturated carbocycles. The van der Waals surface area contributed by atoms with E-state index >= 15 is 4.39 Å². The Morgan fingerprint density at radius 1 is 1.39 bits per heavy atom. The highest BCUT2D eigenvalue weighted by molar-refractivity contribution is 5.94. The van der Waals surface area contributed by atoms with Gasteiger partial charge in [-0.15, -0.1) is 0 Å². The van der Waals surface area contributed by atoms with Crippen LogP contribution in [0.1, 0.15) is 22.5 Å². The van der Waals surface area contributed by atoms with E-state index in [0.717, 1.165) is 16.8 Å². The van der Waals surface area contributed by atoms with Gasteiger partial charge in [-0.25, -0.2) is 18.2 Å². The summed E-state index contributed by atoms with van der Waals surface area (Å²) in [6.07, 6.45) is 1.49. The summed E-state index contributed by atoms with van der Waals surface area (Å²) < 4.78 is 35.9. The number of hydrogen-bond donors (Lipinski definition) is 2. The Bertz CT molecular complexity index is 1170. The number of anilines is 1. The van der Waals surface area contributed by atoms with Crippen molar-refractivity contribution in [1.29, 1.82) is 0 Å². The molecule has 1 atom stereocenters. The second kappa shape index (κ2) is 6.37. The number of fused-ring (bicyclic) bond motifs is 1. The summed E-state index contributed by atoms with van der Waals surface area (Å²) >= 11 is 0. The largest absolute Gasteiger partial charge is 0.477 e. The molecule has 146 valence electrons. The smallest absolute Gasteiger partial charge is 0.341 e. The number of aryl methyl sites for hydroxylation is 1. The van der Waals surface area contributed by atoms with Crippen LogP contribution in [-0.4, -0.2) is 45.1 Å². The van der Waals surface area contributed by atoms with Crippen LogP contribution in [0, 0.1) is 18.6 Å². The van der Waals surface area contributed by atoms with E-state index in [-0.39, 0.29) is 35.3 Å². The summed E-state index contributed by atoms with van der Waals surface area (Å²) in [6, 6.07) is 0.610. The van der Waals surface area contributed by atoms with Gasteiger partial charge in [-0.05, 0) is 24.6 Å². The lowest BCUT2D eigenvalue weighted by atomic mass is 10.1. The molecule has 3 N–H and O–H groups in total. The minimum absolute atomic E-state index is 0.0120. The number of rotatable bonds is 3. The summed E-state index contributed by atoms with van der Waals surface area (Å²) in [4.78, 5) is 25.5. The first-order valence-corrected chi connectivity index (χ1v) is 8.40. The summed E-state index contributed by atoms with van der Waals surface area (Å²) in [5.74, 6) is -3.53. The lowest BCUT2D eigenvalue weighted by Gasteiger charge is -2.21. The molecule has 0 bridgehead atoms. The van der Waals surface area contributed by atoms with Crippen molar-refractivity contribution in [2.45, 2.75) is 19.4 Å². The summed E-state index contributed by atoms with van der Waals surface area (Å²) in [5, 5.41) is 16.2. The van der Waals surface area contributed by atoms with Gasteiger partial charge in [-0.1, -0.05) is 5.16 Å². The Morgan fingerprint density at radius 2 is 2.14 bits per heavy atom. The summed E-state index contributed by atoms with van der Waals surface area (Å²) in [7, 11) is 0. The van der Waals surface area contributed by atoms with Gasteiger partial charge in [0.1, 0.15) is 22.8 Å². The number of aromatic nitrogens is 3. The first kappa shape index (κ1) is 18.0. The molecular formula is C17H15F2N5O4. The highest BCUT2D eigenvalue weighted by Crippen LogP contribution is 2.33. The van der Waals surface area contributed by atoms with Crippen molar-refractivity contribution >= 4 is 22.6 Å². The van der Waals surface area contributed by atoms with Crippen LogP contribution in [0.3, 0.4) is 0 Å². The molecule has 2 aromatic heterocycles. The molecule has 1 aromatic carbocycles. The maximum atomic E-state index is 15.5. The van der Waals surface area contributed by atoms with Crippen molar-refractivity contribution in [3.05, 3.63) is 45.4 Å². The topological polar surface area (TPSA) is 127 Å². The Morgan fingerprint density at radius 3 is 2.71 bits per heavy atom. The van der Waals surface area contributed by atoms with Gasteiger partial charge >= 0.3 is 5.97 Å². The van der Waals surface area contributed by atoms with E-state index in [2.05, 4.69) is 14.9 Å². The van der Waals surface area contributed by atoms with Gasteiger partial charge in [0.05, 0.1) is 10.9 Å². The van der Waals surface area contributed by atoms with E-state index in [4.69, 9.17) is 5.73 Å². The molecule has 1 saturated heterocycles. The fraction of sp³-hybridized carbons (Fsp3) is 0.294. The zero-order chi connectivity index (χ0) is 20.2. The predicted molar refractivity (Wildman–Crippen MR) is 93.8 cm³/mol. The van der Waals surface area contributed by atoms with Crippen LogP contribution >= 0.6 is 0 Å². The van der Waals surface area contributed by atoms with Gasteiger partial charge in [0, 0.05) is 25.3 Å². The lowest BCUT2D eigenvalue weighted by Crippen LogP contribution is -2.28. The number of nitrogens with zero attached hydrogens (tertiary/aromatic N) is 4. The number of benzene rings is 1. The second-order valence-electron chi connectivity index (χ2n) is 6.63. The summed E-state index contributed by atoms with van der Waals surface area (Å²) in [6.45, 7) is 2.11. The molecule has 28 heavy (non-hydrogen) atoms. The first-order chi connectivity index (χ1) is 13.3. The number of hydrogen-bond acceptors (Lipinski definition) is 7. The van der Waals surface area contributed by atoms with E-state index < -0.39 is 34.0 Å². The number of carboxylic acids is 1. The van der Waals surface area contributed by atoms with Crippen molar-refractivity contribution < 1.29 is 23.3 Å².